The number of amides is 5. The minimum Gasteiger partial charge on any atom is -0.472 e. The van der Waals surface area contributed by atoms with Gasteiger partial charge in [-0.15, -0.1) is 0 Å². The highest BCUT2D eigenvalue weighted by atomic mass is 16.4. The highest BCUT2D eigenvalue weighted by Gasteiger charge is 2.12. The molecule has 2 aromatic carbocycles. The molecule has 0 aliphatic rings. The first-order valence-electron chi connectivity index (χ1n) is 30.9. The molecule has 0 spiro atoms. The lowest BCUT2D eigenvalue weighted by atomic mass is 10.1. The van der Waals surface area contributed by atoms with Crippen LogP contribution in [0.15, 0.2) is 231 Å². The highest BCUT2D eigenvalue weighted by Crippen LogP contribution is 2.17. The van der Waals surface area contributed by atoms with Crippen LogP contribution in [0.1, 0.15) is 119 Å². The summed E-state index contributed by atoms with van der Waals surface area (Å²) in [7, 11) is 0. The van der Waals surface area contributed by atoms with Gasteiger partial charge in [-0.25, -0.2) is 0 Å². The number of para-hydroxylation sites is 1. The molecule has 8 heterocycles. The van der Waals surface area contributed by atoms with Crippen molar-refractivity contribution in [3.63, 3.8) is 0 Å². The van der Waals surface area contributed by atoms with E-state index >= 15 is 0 Å². The Bertz CT molecular complexity index is 3350. The summed E-state index contributed by atoms with van der Waals surface area (Å²) in [5.41, 5.74) is 36.5. The third kappa shape index (κ3) is 35.3. The lowest BCUT2D eigenvalue weighted by molar-refractivity contribution is 0.0912. The van der Waals surface area contributed by atoms with Gasteiger partial charge in [0.1, 0.15) is 18.3 Å². The lowest BCUT2D eigenvalue weighted by Gasteiger charge is -2.07. The second kappa shape index (κ2) is 51.6. The Kier molecular flexibility index (Phi) is 42.8. The molecule has 28 nitrogen and oxygen atoms in total. The molecule has 0 atom stereocenters. The Morgan fingerprint density at radius 1 is 0.392 bits per heavy atom. The maximum Gasteiger partial charge on any atom is 0.291 e. The Morgan fingerprint density at radius 3 is 1.33 bits per heavy atom. The van der Waals surface area contributed by atoms with Gasteiger partial charge >= 0.3 is 0 Å². The number of anilines is 3. The number of carbonyl (C=O) groups excluding carboxylic acids is 6. The van der Waals surface area contributed by atoms with E-state index in [9.17, 15) is 28.8 Å². The number of unbranched alkanes of at least 4 members (excludes halogenated alkanes) is 1. The third-order valence-corrected chi connectivity index (χ3v) is 12.2. The van der Waals surface area contributed by atoms with Gasteiger partial charge in [0.05, 0.1) is 74.6 Å². The first-order chi connectivity index (χ1) is 47.3. The molecule has 97 heavy (non-hydrogen) atoms. The Balaban J connectivity index is 0.000000291. The molecule has 0 saturated carbocycles. The second-order valence-electron chi connectivity index (χ2n) is 19.7. The van der Waals surface area contributed by atoms with Gasteiger partial charge in [-0.1, -0.05) is 30.3 Å². The molecular formula is C69H90N12O16. The first kappa shape index (κ1) is 80.4. The zero-order chi connectivity index (χ0) is 70.4. The molecule has 0 aliphatic heterocycles. The van der Waals surface area contributed by atoms with Gasteiger partial charge in [0.25, 0.3) is 29.5 Å². The molecule has 0 bridgehead atoms. The smallest absolute Gasteiger partial charge is 0.291 e. The van der Waals surface area contributed by atoms with Gasteiger partial charge in [-0.3, -0.25) is 28.8 Å². The number of ketones is 1. The van der Waals surface area contributed by atoms with E-state index in [-0.39, 0.29) is 66.6 Å². The van der Waals surface area contributed by atoms with Crippen molar-refractivity contribution < 1.29 is 74.3 Å². The largest absolute Gasteiger partial charge is 0.472 e. The van der Waals surface area contributed by atoms with Crippen LogP contribution in [0.4, 0.5) is 17.1 Å². The van der Waals surface area contributed by atoms with Crippen molar-refractivity contribution in [2.45, 2.75) is 58.1 Å². The molecule has 522 valence electrons. The highest BCUT2D eigenvalue weighted by molar-refractivity contribution is 6.03. The number of aliphatic hydroxyl groups excluding tert-OH is 2. The number of aryl methyl sites for hydroxylation is 1. The van der Waals surface area contributed by atoms with Crippen molar-refractivity contribution in [2.75, 3.05) is 81.5 Å². The molecule has 10 aromatic rings. The molecule has 0 aliphatic carbocycles. The molecule has 20 N–H and O–H groups in total. The number of rotatable bonds is 28. The van der Waals surface area contributed by atoms with Crippen LogP contribution in [0, 0.1) is 0 Å². The fourth-order valence-electron chi connectivity index (χ4n) is 7.27. The number of hydrogen-bond donors (Lipinski definition) is 14. The van der Waals surface area contributed by atoms with Crippen LogP contribution in [0.5, 0.6) is 0 Å². The van der Waals surface area contributed by atoms with E-state index in [4.69, 9.17) is 80.0 Å². The quantitative estimate of drug-likeness (QED) is 0.0162. The molecule has 8 aromatic heterocycles. The van der Waals surface area contributed by atoms with E-state index in [1.54, 1.807) is 110 Å². The molecule has 5 amide bonds. The van der Waals surface area contributed by atoms with Crippen molar-refractivity contribution in [3.8, 4) is 0 Å². The average molecular weight is 1340 g/mol. The Labute approximate surface area is 561 Å². The topological polar surface area (TPSA) is 476 Å². The first-order valence-corrected chi connectivity index (χ1v) is 30.9. The summed E-state index contributed by atoms with van der Waals surface area (Å²) in [6.45, 7) is 5.62. The predicted molar refractivity (Wildman–Crippen MR) is 366 cm³/mol. The standard InChI is InChI=1S/C12H12N2O2.C12H11NO3.C8H12N2O2.C8H11NO2.C8H13NO.C7H10N2O2.C7H12N2O.C7H9NO3/c13-8-9-3-5-10(6-4-9)14-12(15)11-2-1-7-16-11;14-8-9-4-1-2-5-10(9)13-12(15)11-6-3-7-16-11;9-4-2-5-10-8(11)7-3-1-6-12-7;9-4-1-2-8(10)7-3-5-11-6-7;9-6-2-1-4-8-5-3-7-10-8;8-3-4-9-7(10)6-2-1-5-11-6;8-3-1-4-9-7-2-5-10-6-7;9-4-3-8-7(10)6-2-1-5-11-6/h1-7H,8,13H2,(H,14,15);1-7,14H,8H2,(H,13,15);1,3,6H,2,4-5,9H2,(H,10,11);3,5-6H,1-2,4,9H2;3,5,7H,1-2,4,6,9H2;1-2,5H,3-4,8H2,(H,9,10);2,5-6,9H,1,3-4,8H2;1-2,5,9H,3-4H2,(H,8,10). The zero-order valence-corrected chi connectivity index (χ0v) is 54.0. The molecule has 0 radical (unpaired) electrons. The number of nitrogens with two attached hydrogens (primary N) is 6. The summed E-state index contributed by atoms with van der Waals surface area (Å²) in [6.07, 6.45) is 21.5. The monoisotopic (exact) mass is 1340 g/mol. The van der Waals surface area contributed by atoms with Crippen molar-refractivity contribution in [2.24, 2.45) is 34.4 Å². The van der Waals surface area contributed by atoms with Gasteiger partial charge in [0, 0.05) is 69.0 Å². The normalized spacial score (nSPS) is 9.86. The molecule has 28 heteroatoms. The SMILES string of the molecule is NCCCC(=O)c1ccoc1.NCCCCc1ccco1.NCCCNC(=O)c1ccco1.NCCCNc1ccoc1.NCCNC(=O)c1ccco1.NCc1ccc(NC(=O)c2ccco2)cc1.O=C(NCCO)c1ccco1.O=C(Nc1ccccc1CO)c1ccco1. The van der Waals surface area contributed by atoms with E-state index in [1.807, 2.05) is 42.5 Å². The van der Waals surface area contributed by atoms with Crippen LogP contribution in [0.25, 0.3) is 0 Å². The van der Waals surface area contributed by atoms with Gasteiger partial charge < -0.3 is 112 Å². The van der Waals surface area contributed by atoms with Crippen molar-refractivity contribution in [1.29, 1.82) is 0 Å². The van der Waals surface area contributed by atoms with E-state index in [0.29, 0.717) is 79.8 Å². The van der Waals surface area contributed by atoms with Crippen molar-refractivity contribution in [1.82, 2.24) is 16.0 Å². The van der Waals surface area contributed by atoms with Gasteiger partial charge in [0.2, 0.25) is 0 Å². The van der Waals surface area contributed by atoms with E-state index < -0.39 is 0 Å². The maximum atomic E-state index is 11.7. The summed E-state index contributed by atoms with van der Waals surface area (Å²) in [6, 6.07) is 38.2. The molecule has 0 fully saturated rings. The van der Waals surface area contributed by atoms with E-state index in [1.165, 1.54) is 43.8 Å². The lowest BCUT2D eigenvalue weighted by Crippen LogP contribution is -2.28. The fraction of sp³-hybridized carbons (Fsp3) is 0.275. The van der Waals surface area contributed by atoms with Crippen LogP contribution >= 0.6 is 0 Å². The molecule has 0 unspecified atom stereocenters. The third-order valence-electron chi connectivity index (χ3n) is 12.2. The Hall–Kier alpha value is -10.8. The minimum absolute atomic E-state index is 0.0630. The maximum absolute atomic E-state index is 11.7. The number of hydrogen-bond acceptors (Lipinski definition) is 23. The summed E-state index contributed by atoms with van der Waals surface area (Å²) < 4.78 is 39.2. The van der Waals surface area contributed by atoms with Gasteiger partial charge in [0.15, 0.2) is 34.6 Å². The van der Waals surface area contributed by atoms with Gasteiger partial charge in [-0.05, 0) is 167 Å². The molecule has 10 rings (SSSR count). The number of carbonyl (C=O) groups is 6. The number of benzene rings is 2. The van der Waals surface area contributed by atoms with E-state index in [0.717, 1.165) is 80.9 Å². The van der Waals surface area contributed by atoms with Crippen molar-refractivity contribution >= 4 is 52.4 Å². The summed E-state index contributed by atoms with van der Waals surface area (Å²) in [5, 5.41) is 33.7. The van der Waals surface area contributed by atoms with Crippen LogP contribution < -0.4 is 66.3 Å². The zero-order valence-electron chi connectivity index (χ0n) is 54.0. The van der Waals surface area contributed by atoms with Crippen LogP contribution in [-0.4, -0.2) is 111 Å². The predicted octanol–water partition coefficient (Wildman–Crippen LogP) is 8.15. The number of nitrogens with one attached hydrogen (secondary N) is 6. The van der Waals surface area contributed by atoms with Gasteiger partial charge in [-0.2, -0.15) is 0 Å². The van der Waals surface area contributed by atoms with Crippen molar-refractivity contribution in [3.05, 3.63) is 247 Å². The number of Topliss-reactive ketones (excluding diaryl/α,β-unsaturated/α-hetero) is 1. The summed E-state index contributed by atoms with van der Waals surface area (Å²) >= 11 is 0. The molecular weight excluding hydrogens is 1250 g/mol. The number of aliphatic hydroxyl groups is 2. The second-order valence-corrected chi connectivity index (χ2v) is 19.7. The number of furan rings is 8. The minimum atomic E-state index is -0.328. The van der Waals surface area contributed by atoms with Crippen LogP contribution in [0.2, 0.25) is 0 Å². The van der Waals surface area contributed by atoms with E-state index in [2.05, 4.69) is 31.9 Å². The van der Waals surface area contributed by atoms with Crippen LogP contribution in [0.3, 0.4) is 0 Å². The Morgan fingerprint density at radius 2 is 0.876 bits per heavy atom. The van der Waals surface area contributed by atoms with Crippen LogP contribution in [-0.2, 0) is 19.6 Å². The summed E-state index contributed by atoms with van der Waals surface area (Å²) in [5.74, 6) is 1.33. The summed E-state index contributed by atoms with van der Waals surface area (Å²) in [4.78, 5) is 67.5. The fourth-order valence-corrected chi connectivity index (χ4v) is 7.27. The average Bonchev–Trinajstić information content (AvgIpc) is 1.54. The molecule has 0 saturated heterocycles.